The fraction of sp³-hybridized carbons (Fsp3) is 0.231. The van der Waals surface area contributed by atoms with Crippen LogP contribution in [0.4, 0.5) is 0 Å². The molecule has 0 bridgehead atoms. The van der Waals surface area contributed by atoms with Gasteiger partial charge in [-0.25, -0.2) is 9.97 Å². The number of hydrogen-bond donors (Lipinski definition) is 2. The maximum atomic E-state index is 4.66. The van der Waals surface area contributed by atoms with Gasteiger partial charge in [0.1, 0.15) is 5.82 Å². The molecule has 0 spiro atoms. The van der Waals surface area contributed by atoms with Gasteiger partial charge in [0.15, 0.2) is 0 Å². The topological polar surface area (TPSA) is 60.6 Å². The van der Waals surface area contributed by atoms with E-state index in [1.807, 2.05) is 24.5 Å². The van der Waals surface area contributed by atoms with Gasteiger partial charge in [-0.3, -0.25) is 4.90 Å². The molecule has 2 aromatic carbocycles. The zero-order chi connectivity index (χ0) is 21.0. The number of H-pyrrole nitrogens is 2. The van der Waals surface area contributed by atoms with E-state index < -0.39 is 0 Å². The van der Waals surface area contributed by atoms with Gasteiger partial charge < -0.3 is 9.97 Å². The van der Waals surface area contributed by atoms with Crippen LogP contribution < -0.4 is 0 Å². The van der Waals surface area contributed by atoms with Crippen LogP contribution in [0.25, 0.3) is 22.5 Å². The molecule has 1 atom stereocenters. The second kappa shape index (κ2) is 8.63. The molecule has 31 heavy (non-hydrogen) atoms. The van der Waals surface area contributed by atoms with E-state index in [1.165, 1.54) is 19.3 Å². The molecule has 1 aliphatic rings. The molecule has 1 unspecified atom stereocenters. The zero-order valence-electron chi connectivity index (χ0n) is 17.6. The van der Waals surface area contributed by atoms with E-state index in [4.69, 9.17) is 0 Å². The van der Waals surface area contributed by atoms with Crippen molar-refractivity contribution in [3.63, 3.8) is 0 Å². The Hall–Kier alpha value is -3.62. The van der Waals surface area contributed by atoms with Gasteiger partial charge in [-0.15, -0.1) is 0 Å². The molecule has 0 radical (unpaired) electrons. The summed E-state index contributed by atoms with van der Waals surface area (Å²) < 4.78 is 0. The number of likely N-dealkylation sites (tertiary alicyclic amines) is 1. The molecule has 4 aromatic rings. The molecule has 1 saturated heterocycles. The molecule has 154 valence electrons. The number of hydrogen-bond acceptors (Lipinski definition) is 3. The fourth-order valence-corrected chi connectivity index (χ4v) is 4.10. The smallest absolute Gasteiger partial charge is 0.123 e. The Morgan fingerprint density at radius 1 is 0.871 bits per heavy atom. The van der Waals surface area contributed by atoms with Gasteiger partial charge >= 0.3 is 0 Å². The lowest BCUT2D eigenvalue weighted by atomic mass is 10.0. The first-order valence-electron chi connectivity index (χ1n) is 10.7. The van der Waals surface area contributed by atoms with Crippen LogP contribution in [0.1, 0.15) is 42.3 Å². The Kier molecular flexibility index (Phi) is 5.39. The summed E-state index contributed by atoms with van der Waals surface area (Å²) in [4.78, 5) is 17.8. The van der Waals surface area contributed by atoms with Gasteiger partial charge in [-0.05, 0) is 61.8 Å². The Bertz CT molecular complexity index is 1190. The van der Waals surface area contributed by atoms with E-state index >= 15 is 0 Å². The van der Waals surface area contributed by atoms with Crippen molar-refractivity contribution in [3.8, 4) is 34.4 Å². The standard InChI is InChI=1S/C26H25N5/c1-31-15-3-2-4-25(31)26-28-17-24(30-26)22-13-9-20(10-14-22)6-5-19-7-11-21(12-8-19)23-16-27-18-29-23/h7-14,16-18,25H,2-4,15H2,1H3,(H,27,29)(H,28,30). The third kappa shape index (κ3) is 4.30. The highest BCUT2D eigenvalue weighted by Crippen LogP contribution is 2.29. The number of piperidine rings is 1. The summed E-state index contributed by atoms with van der Waals surface area (Å²) in [6.45, 7) is 1.14. The van der Waals surface area contributed by atoms with Crippen molar-refractivity contribution in [1.29, 1.82) is 0 Å². The SMILES string of the molecule is CN1CCCCC1c1ncc(-c2ccc(C#Cc3ccc(-c4cnc[nH]4)cc3)cc2)[nH]1. The van der Waals surface area contributed by atoms with Crippen LogP contribution in [0.3, 0.4) is 0 Å². The molecule has 0 aliphatic carbocycles. The van der Waals surface area contributed by atoms with Gasteiger partial charge in [0.25, 0.3) is 0 Å². The minimum atomic E-state index is 0.396. The molecular weight excluding hydrogens is 382 g/mol. The molecule has 1 fully saturated rings. The molecule has 0 amide bonds. The van der Waals surface area contributed by atoms with Gasteiger partial charge in [0.05, 0.1) is 36.2 Å². The van der Waals surface area contributed by atoms with Crippen LogP contribution in [0.2, 0.25) is 0 Å². The summed E-state index contributed by atoms with van der Waals surface area (Å²) in [5.41, 5.74) is 6.28. The Labute approximate surface area is 182 Å². The number of benzene rings is 2. The minimum Gasteiger partial charge on any atom is -0.345 e. The largest absolute Gasteiger partial charge is 0.345 e. The maximum absolute atomic E-state index is 4.66. The summed E-state index contributed by atoms with van der Waals surface area (Å²) in [7, 11) is 2.18. The Morgan fingerprint density at radius 3 is 2.16 bits per heavy atom. The van der Waals surface area contributed by atoms with Crippen molar-refractivity contribution in [2.24, 2.45) is 0 Å². The molecule has 1 aliphatic heterocycles. The zero-order valence-corrected chi connectivity index (χ0v) is 17.6. The van der Waals surface area contributed by atoms with Gasteiger partial charge in [0, 0.05) is 11.1 Å². The predicted molar refractivity (Wildman–Crippen MR) is 123 cm³/mol. The van der Waals surface area contributed by atoms with Crippen LogP contribution in [0, 0.1) is 11.8 Å². The summed E-state index contributed by atoms with van der Waals surface area (Å²) in [5.74, 6) is 7.57. The van der Waals surface area contributed by atoms with E-state index in [0.717, 1.165) is 46.0 Å². The lowest BCUT2D eigenvalue weighted by Crippen LogP contribution is -2.30. The van der Waals surface area contributed by atoms with E-state index in [-0.39, 0.29) is 0 Å². The third-order valence-electron chi connectivity index (χ3n) is 5.92. The fourth-order valence-electron chi connectivity index (χ4n) is 4.10. The molecule has 0 saturated carbocycles. The van der Waals surface area contributed by atoms with Crippen molar-refractivity contribution in [1.82, 2.24) is 24.8 Å². The first-order chi connectivity index (χ1) is 15.3. The summed E-state index contributed by atoms with van der Waals surface area (Å²) >= 11 is 0. The number of rotatable bonds is 3. The molecule has 5 rings (SSSR count). The lowest BCUT2D eigenvalue weighted by molar-refractivity contribution is 0.180. The maximum Gasteiger partial charge on any atom is 0.123 e. The van der Waals surface area contributed by atoms with Gasteiger partial charge in [-0.2, -0.15) is 0 Å². The van der Waals surface area contributed by atoms with E-state index in [1.54, 1.807) is 6.33 Å². The first kappa shape index (κ1) is 19.3. The van der Waals surface area contributed by atoms with Crippen LogP contribution in [0.5, 0.6) is 0 Å². The third-order valence-corrected chi connectivity index (χ3v) is 5.92. The second-order valence-corrected chi connectivity index (χ2v) is 8.04. The molecule has 5 nitrogen and oxygen atoms in total. The van der Waals surface area contributed by atoms with E-state index in [9.17, 15) is 0 Å². The van der Waals surface area contributed by atoms with Crippen molar-refractivity contribution in [3.05, 3.63) is 84.2 Å². The highest BCUT2D eigenvalue weighted by molar-refractivity contribution is 5.61. The van der Waals surface area contributed by atoms with E-state index in [2.05, 4.69) is 80.1 Å². The van der Waals surface area contributed by atoms with Crippen molar-refractivity contribution in [2.45, 2.75) is 25.3 Å². The molecule has 2 N–H and O–H groups in total. The van der Waals surface area contributed by atoms with E-state index in [0.29, 0.717) is 6.04 Å². The van der Waals surface area contributed by atoms with Crippen molar-refractivity contribution < 1.29 is 0 Å². The minimum absolute atomic E-state index is 0.396. The normalized spacial score (nSPS) is 16.6. The Balaban J connectivity index is 1.28. The van der Waals surface area contributed by atoms with Gasteiger partial charge in [-0.1, -0.05) is 42.5 Å². The first-order valence-corrected chi connectivity index (χ1v) is 10.7. The molecule has 3 heterocycles. The van der Waals surface area contributed by atoms with Gasteiger partial charge in [0.2, 0.25) is 0 Å². The monoisotopic (exact) mass is 407 g/mol. The van der Waals surface area contributed by atoms with Crippen LogP contribution >= 0.6 is 0 Å². The second-order valence-electron chi connectivity index (χ2n) is 8.04. The number of nitrogens with one attached hydrogen (secondary N) is 2. The number of nitrogens with zero attached hydrogens (tertiary/aromatic N) is 3. The highest BCUT2D eigenvalue weighted by atomic mass is 15.2. The average Bonchev–Trinajstić information content (AvgIpc) is 3.52. The average molecular weight is 408 g/mol. The highest BCUT2D eigenvalue weighted by Gasteiger charge is 2.23. The number of aromatic nitrogens is 4. The molecule has 2 aromatic heterocycles. The number of aromatic amines is 2. The lowest BCUT2D eigenvalue weighted by Gasteiger charge is -2.30. The Morgan fingerprint density at radius 2 is 1.55 bits per heavy atom. The summed E-state index contributed by atoms with van der Waals surface area (Å²) in [6.07, 6.45) is 9.16. The van der Waals surface area contributed by atoms with Crippen LogP contribution in [-0.4, -0.2) is 38.4 Å². The summed E-state index contributed by atoms with van der Waals surface area (Å²) in [6, 6.07) is 16.9. The quantitative estimate of drug-likeness (QED) is 0.469. The van der Waals surface area contributed by atoms with Crippen molar-refractivity contribution >= 4 is 0 Å². The van der Waals surface area contributed by atoms with Crippen LogP contribution in [-0.2, 0) is 0 Å². The predicted octanol–water partition coefficient (Wildman–Crippen LogP) is 5.02. The molecular formula is C26H25N5. The van der Waals surface area contributed by atoms with Crippen LogP contribution in [0.15, 0.2) is 67.3 Å². The molecule has 5 heteroatoms. The summed E-state index contributed by atoms with van der Waals surface area (Å²) in [5, 5.41) is 0. The van der Waals surface area contributed by atoms with Crippen molar-refractivity contribution in [2.75, 3.05) is 13.6 Å². The number of imidazole rings is 2.